The van der Waals surface area contributed by atoms with Crippen molar-refractivity contribution in [3.63, 3.8) is 0 Å². The van der Waals surface area contributed by atoms with Crippen molar-refractivity contribution in [2.75, 3.05) is 0 Å². The number of hydrogen-bond acceptors (Lipinski definition) is 2. The second kappa shape index (κ2) is 5.22. The zero-order valence-electron chi connectivity index (χ0n) is 13.2. The van der Waals surface area contributed by atoms with Crippen LogP contribution in [-0.4, -0.2) is 8.32 Å². The third-order valence-electron chi connectivity index (χ3n) is 4.31. The van der Waals surface area contributed by atoms with Gasteiger partial charge in [-0.2, -0.15) is 0 Å². The smallest absolute Gasteiger partial charge is 0.250 e. The van der Waals surface area contributed by atoms with E-state index >= 15 is 0 Å². The molecule has 0 aliphatic carbocycles. The van der Waals surface area contributed by atoms with E-state index in [0.717, 1.165) is 11.3 Å². The van der Waals surface area contributed by atoms with Crippen LogP contribution in [-0.2, 0) is 6.54 Å². The lowest BCUT2D eigenvalue weighted by Crippen LogP contribution is -2.43. The van der Waals surface area contributed by atoms with E-state index in [2.05, 4.69) is 70.3 Å². The predicted molar refractivity (Wildman–Crippen MR) is 89.7 cm³/mol. The first-order valence-electron chi connectivity index (χ1n) is 7.15. The van der Waals surface area contributed by atoms with Crippen molar-refractivity contribution in [1.29, 1.82) is 0 Å². The van der Waals surface area contributed by atoms with Gasteiger partial charge < -0.3 is 10.2 Å². The molecule has 2 aromatic rings. The Morgan fingerprint density at radius 2 is 1.80 bits per heavy atom. The van der Waals surface area contributed by atoms with E-state index in [1.54, 1.807) is 0 Å². The SMILES string of the molecule is CC(C)(C)[Si](C)(C)Oc1cccc2cc(CN)ccc12. The van der Waals surface area contributed by atoms with Crippen LogP contribution in [0.15, 0.2) is 36.4 Å². The lowest BCUT2D eigenvalue weighted by Gasteiger charge is -2.36. The molecule has 0 aromatic heterocycles. The van der Waals surface area contributed by atoms with Gasteiger partial charge in [-0.25, -0.2) is 0 Å². The zero-order chi connectivity index (χ0) is 15.0. The topological polar surface area (TPSA) is 35.2 Å². The van der Waals surface area contributed by atoms with Gasteiger partial charge in [-0.15, -0.1) is 0 Å². The molecule has 2 N–H and O–H groups in total. The molecule has 0 heterocycles. The van der Waals surface area contributed by atoms with Gasteiger partial charge in [0.25, 0.3) is 8.32 Å². The van der Waals surface area contributed by atoms with Crippen molar-refractivity contribution < 1.29 is 4.43 Å². The first kappa shape index (κ1) is 15.1. The summed E-state index contributed by atoms with van der Waals surface area (Å²) in [5.41, 5.74) is 6.87. The van der Waals surface area contributed by atoms with E-state index in [4.69, 9.17) is 10.2 Å². The van der Waals surface area contributed by atoms with E-state index in [1.165, 1.54) is 10.8 Å². The maximum Gasteiger partial charge on any atom is 0.250 e. The predicted octanol–water partition coefficient (Wildman–Crippen LogP) is 4.68. The van der Waals surface area contributed by atoms with E-state index in [9.17, 15) is 0 Å². The fraction of sp³-hybridized carbons (Fsp3) is 0.412. The van der Waals surface area contributed by atoms with Crippen LogP contribution in [0.4, 0.5) is 0 Å². The van der Waals surface area contributed by atoms with Crippen molar-refractivity contribution in [3.8, 4) is 5.75 Å². The molecule has 0 unspecified atom stereocenters. The summed E-state index contributed by atoms with van der Waals surface area (Å²) in [6, 6.07) is 12.6. The molecular formula is C17H25NOSi. The molecule has 0 saturated heterocycles. The van der Waals surface area contributed by atoms with Crippen molar-refractivity contribution in [2.24, 2.45) is 5.73 Å². The van der Waals surface area contributed by atoms with Gasteiger partial charge in [-0.3, -0.25) is 0 Å². The summed E-state index contributed by atoms with van der Waals surface area (Å²) in [5, 5.41) is 2.57. The highest BCUT2D eigenvalue weighted by atomic mass is 28.4. The van der Waals surface area contributed by atoms with Crippen LogP contribution in [0.3, 0.4) is 0 Å². The lowest BCUT2D eigenvalue weighted by atomic mass is 10.1. The Bertz CT molecular complexity index is 614. The van der Waals surface area contributed by atoms with Crippen LogP contribution in [0.1, 0.15) is 26.3 Å². The molecule has 3 heteroatoms. The molecule has 0 saturated carbocycles. The van der Waals surface area contributed by atoms with Gasteiger partial charge in [0, 0.05) is 11.9 Å². The molecule has 108 valence electrons. The van der Waals surface area contributed by atoms with Gasteiger partial charge in [0.05, 0.1) is 0 Å². The number of rotatable bonds is 3. The van der Waals surface area contributed by atoms with E-state index in [1.807, 2.05) is 0 Å². The van der Waals surface area contributed by atoms with Crippen molar-refractivity contribution in [1.82, 2.24) is 0 Å². The average molecular weight is 287 g/mol. The summed E-state index contributed by atoms with van der Waals surface area (Å²) in [7, 11) is -1.81. The van der Waals surface area contributed by atoms with Crippen LogP contribution in [0.25, 0.3) is 10.8 Å². The molecule has 2 rings (SSSR count). The van der Waals surface area contributed by atoms with Crippen molar-refractivity contribution in [3.05, 3.63) is 42.0 Å². The molecule has 0 amide bonds. The van der Waals surface area contributed by atoms with Gasteiger partial charge in [0.1, 0.15) is 5.75 Å². The maximum absolute atomic E-state index is 6.46. The molecule has 0 aliphatic heterocycles. The minimum Gasteiger partial charge on any atom is -0.543 e. The third-order valence-corrected chi connectivity index (χ3v) is 8.65. The Morgan fingerprint density at radius 1 is 1.10 bits per heavy atom. The van der Waals surface area contributed by atoms with E-state index in [-0.39, 0.29) is 5.04 Å². The number of hydrogen-bond donors (Lipinski definition) is 1. The molecular weight excluding hydrogens is 262 g/mol. The van der Waals surface area contributed by atoms with Gasteiger partial charge in [-0.05, 0) is 41.2 Å². The van der Waals surface area contributed by atoms with Gasteiger partial charge in [0.15, 0.2) is 0 Å². The molecule has 0 aliphatic rings. The Hall–Kier alpha value is -1.32. The van der Waals surface area contributed by atoms with Crippen molar-refractivity contribution in [2.45, 2.75) is 45.4 Å². The van der Waals surface area contributed by atoms with Gasteiger partial charge in [-0.1, -0.05) is 45.0 Å². The number of fused-ring (bicyclic) bond motifs is 1. The molecule has 0 fully saturated rings. The normalized spacial score (nSPS) is 12.7. The summed E-state index contributed by atoms with van der Waals surface area (Å²) < 4.78 is 6.46. The Kier molecular flexibility index (Phi) is 3.94. The minimum absolute atomic E-state index is 0.201. The minimum atomic E-state index is -1.81. The fourth-order valence-corrected chi connectivity index (χ4v) is 2.98. The second-order valence-corrected chi connectivity index (χ2v) is 11.6. The van der Waals surface area contributed by atoms with Crippen LogP contribution in [0.5, 0.6) is 5.75 Å². The number of benzene rings is 2. The Labute approximate surface area is 123 Å². The Morgan fingerprint density at radius 3 is 2.40 bits per heavy atom. The second-order valence-electron chi connectivity index (χ2n) is 6.88. The first-order valence-corrected chi connectivity index (χ1v) is 10.1. The van der Waals surface area contributed by atoms with Crippen LogP contribution >= 0.6 is 0 Å². The highest BCUT2D eigenvalue weighted by Gasteiger charge is 2.39. The molecule has 0 radical (unpaired) electrons. The monoisotopic (exact) mass is 287 g/mol. The van der Waals surface area contributed by atoms with Crippen LogP contribution in [0.2, 0.25) is 18.1 Å². The average Bonchev–Trinajstić information content (AvgIpc) is 2.36. The van der Waals surface area contributed by atoms with Crippen LogP contribution < -0.4 is 10.2 Å². The quantitative estimate of drug-likeness (QED) is 0.832. The molecule has 0 bridgehead atoms. The summed E-state index contributed by atoms with van der Waals surface area (Å²) in [6.45, 7) is 11.9. The molecule has 20 heavy (non-hydrogen) atoms. The number of nitrogens with two attached hydrogens (primary N) is 1. The lowest BCUT2D eigenvalue weighted by molar-refractivity contribution is 0.496. The first-order chi connectivity index (χ1) is 9.24. The van der Waals surface area contributed by atoms with E-state index < -0.39 is 8.32 Å². The highest BCUT2D eigenvalue weighted by Crippen LogP contribution is 2.39. The molecule has 0 spiro atoms. The molecule has 2 nitrogen and oxygen atoms in total. The third kappa shape index (κ3) is 2.89. The van der Waals surface area contributed by atoms with Gasteiger partial charge in [0.2, 0.25) is 0 Å². The standard InChI is InChI=1S/C17H25NOSi/c1-17(2,3)20(4,5)19-16-8-6-7-14-11-13(12-18)9-10-15(14)16/h6-11H,12,18H2,1-5H3. The van der Waals surface area contributed by atoms with Crippen LogP contribution in [0, 0.1) is 0 Å². The zero-order valence-corrected chi connectivity index (χ0v) is 14.2. The maximum atomic E-state index is 6.46. The van der Waals surface area contributed by atoms with Crippen molar-refractivity contribution >= 4 is 19.1 Å². The fourth-order valence-electron chi connectivity index (χ4n) is 1.95. The summed E-state index contributed by atoms with van der Waals surface area (Å²) in [5.74, 6) is 0.998. The summed E-state index contributed by atoms with van der Waals surface area (Å²) in [4.78, 5) is 0. The highest BCUT2D eigenvalue weighted by molar-refractivity contribution is 6.74. The largest absolute Gasteiger partial charge is 0.543 e. The summed E-state index contributed by atoms with van der Waals surface area (Å²) in [6.07, 6.45) is 0. The molecule has 0 atom stereocenters. The Balaban J connectivity index is 2.46. The van der Waals surface area contributed by atoms with E-state index in [0.29, 0.717) is 6.54 Å². The van der Waals surface area contributed by atoms with Gasteiger partial charge >= 0.3 is 0 Å². The molecule has 2 aromatic carbocycles. The summed E-state index contributed by atoms with van der Waals surface area (Å²) >= 11 is 0.